The molecule has 11 heteroatoms. The summed E-state index contributed by atoms with van der Waals surface area (Å²) in [4.78, 5) is 7.78. The number of anilines is 4. The van der Waals surface area contributed by atoms with E-state index in [1.54, 1.807) is 18.2 Å². The van der Waals surface area contributed by atoms with E-state index in [0.717, 1.165) is 18.3 Å². The van der Waals surface area contributed by atoms with Crippen LogP contribution in [0.3, 0.4) is 0 Å². The molecule has 31 heavy (non-hydrogen) atoms. The largest absolute Gasteiger partial charge is 0.573 e. The zero-order valence-electron chi connectivity index (χ0n) is 15.8. The first-order chi connectivity index (χ1) is 14.6. The monoisotopic (exact) mass is 435 g/mol. The molecule has 0 saturated carbocycles. The molecule has 0 aliphatic heterocycles. The van der Waals surface area contributed by atoms with E-state index in [9.17, 15) is 22.7 Å². The Morgan fingerprint density at radius 1 is 1.10 bits per heavy atom. The summed E-state index contributed by atoms with van der Waals surface area (Å²) in [7, 11) is 0. The number of nitrogens with two attached hydrogens (primary N) is 1. The van der Waals surface area contributed by atoms with Crippen molar-refractivity contribution in [2.45, 2.75) is 12.5 Å². The summed E-state index contributed by atoms with van der Waals surface area (Å²) in [6.45, 7) is 3.48. The molecule has 0 aliphatic carbocycles. The van der Waals surface area contributed by atoms with Crippen LogP contribution < -0.4 is 21.1 Å². The highest BCUT2D eigenvalue weighted by atomic mass is 19.4. The molecule has 1 heterocycles. The maximum atomic E-state index is 14.2. The van der Waals surface area contributed by atoms with Gasteiger partial charge in [0, 0.05) is 23.1 Å². The number of benzene rings is 2. The van der Waals surface area contributed by atoms with Crippen LogP contribution in [0.15, 0.2) is 67.0 Å². The number of nitrogens with one attached hydrogen (secondary N) is 2. The minimum atomic E-state index is -4.83. The normalized spacial score (nSPS) is 12.2. The lowest BCUT2D eigenvalue weighted by atomic mass is 10.1. The molecule has 0 aliphatic rings. The number of aliphatic hydroxyl groups is 1. The van der Waals surface area contributed by atoms with Crippen LogP contribution in [0.5, 0.6) is 5.75 Å². The standard InChI is InChI=1S/C20H17F4N5O2/c1-11(25)17(30)12-4-2-5-13(8-12)27-18-16(21)10-26-19(29-18)28-14-6-3-7-15(9-14)31-20(22,23)24/h2-10,17,30H,1,25H2,(H2,26,27,28,29). The third-order valence-corrected chi connectivity index (χ3v) is 3.88. The second kappa shape index (κ2) is 8.88. The Morgan fingerprint density at radius 2 is 1.77 bits per heavy atom. The van der Waals surface area contributed by atoms with E-state index < -0.39 is 24.0 Å². The van der Waals surface area contributed by atoms with Crippen LogP contribution in [0.1, 0.15) is 11.7 Å². The number of rotatable bonds is 7. The van der Waals surface area contributed by atoms with Crippen molar-refractivity contribution in [2.75, 3.05) is 10.6 Å². The van der Waals surface area contributed by atoms with Crippen LogP contribution >= 0.6 is 0 Å². The fourth-order valence-electron chi connectivity index (χ4n) is 2.55. The molecule has 0 radical (unpaired) electrons. The quantitative estimate of drug-likeness (QED) is 0.405. The highest BCUT2D eigenvalue weighted by Crippen LogP contribution is 2.27. The van der Waals surface area contributed by atoms with Crippen molar-refractivity contribution in [2.24, 2.45) is 5.73 Å². The molecule has 3 aromatic rings. The topological polar surface area (TPSA) is 105 Å². The summed E-state index contributed by atoms with van der Waals surface area (Å²) >= 11 is 0. The van der Waals surface area contributed by atoms with Gasteiger partial charge < -0.3 is 26.2 Å². The summed E-state index contributed by atoms with van der Waals surface area (Å²) in [6, 6.07) is 11.4. The third kappa shape index (κ3) is 6.06. The maximum absolute atomic E-state index is 14.2. The summed E-state index contributed by atoms with van der Waals surface area (Å²) in [5, 5.41) is 15.4. The van der Waals surface area contributed by atoms with Gasteiger partial charge >= 0.3 is 6.36 Å². The second-order valence-electron chi connectivity index (χ2n) is 6.32. The fourth-order valence-corrected chi connectivity index (χ4v) is 2.55. The van der Waals surface area contributed by atoms with Crippen molar-refractivity contribution in [3.8, 4) is 5.75 Å². The third-order valence-electron chi connectivity index (χ3n) is 3.88. The van der Waals surface area contributed by atoms with Crippen molar-refractivity contribution in [3.05, 3.63) is 78.4 Å². The predicted molar refractivity (Wildman–Crippen MR) is 106 cm³/mol. The summed E-state index contributed by atoms with van der Waals surface area (Å²) in [6.07, 6.45) is -5.03. The molecule has 1 atom stereocenters. The fraction of sp³-hybridized carbons (Fsp3) is 0.100. The van der Waals surface area contributed by atoms with Crippen LogP contribution in [0.2, 0.25) is 0 Å². The number of hydrogen-bond acceptors (Lipinski definition) is 7. The Balaban J connectivity index is 1.79. The lowest BCUT2D eigenvalue weighted by Gasteiger charge is -2.14. The number of aliphatic hydroxyl groups excluding tert-OH is 1. The van der Waals surface area contributed by atoms with Crippen molar-refractivity contribution in [1.29, 1.82) is 0 Å². The first-order valence-electron chi connectivity index (χ1n) is 8.75. The smallest absolute Gasteiger partial charge is 0.406 e. The van der Waals surface area contributed by atoms with Gasteiger partial charge in [0.2, 0.25) is 5.95 Å². The van der Waals surface area contributed by atoms with Crippen molar-refractivity contribution >= 4 is 23.1 Å². The number of nitrogens with zero attached hydrogens (tertiary/aromatic N) is 2. The number of halogens is 4. The van der Waals surface area contributed by atoms with Crippen molar-refractivity contribution < 1.29 is 27.4 Å². The van der Waals surface area contributed by atoms with Gasteiger partial charge in [0.15, 0.2) is 11.6 Å². The van der Waals surface area contributed by atoms with E-state index in [1.807, 2.05) is 0 Å². The van der Waals surface area contributed by atoms with Gasteiger partial charge in [-0.2, -0.15) is 4.98 Å². The zero-order chi connectivity index (χ0) is 22.6. The van der Waals surface area contributed by atoms with Crippen molar-refractivity contribution in [3.63, 3.8) is 0 Å². The van der Waals surface area contributed by atoms with Gasteiger partial charge in [0.25, 0.3) is 0 Å². The molecule has 1 unspecified atom stereocenters. The van der Waals surface area contributed by atoms with Gasteiger partial charge in [-0.15, -0.1) is 13.2 Å². The van der Waals surface area contributed by atoms with Gasteiger partial charge in [-0.25, -0.2) is 9.37 Å². The first kappa shape index (κ1) is 21.8. The molecular weight excluding hydrogens is 418 g/mol. The average Bonchev–Trinajstić information content (AvgIpc) is 2.69. The van der Waals surface area contributed by atoms with Crippen LogP contribution in [0.4, 0.5) is 40.7 Å². The lowest BCUT2D eigenvalue weighted by molar-refractivity contribution is -0.274. The van der Waals surface area contributed by atoms with E-state index in [4.69, 9.17) is 5.73 Å². The molecule has 0 bridgehead atoms. The highest BCUT2D eigenvalue weighted by molar-refractivity contribution is 5.61. The zero-order valence-corrected chi connectivity index (χ0v) is 15.8. The number of ether oxygens (including phenoxy) is 1. The second-order valence-corrected chi connectivity index (χ2v) is 6.32. The molecule has 5 N–H and O–H groups in total. The van der Waals surface area contributed by atoms with Gasteiger partial charge in [-0.05, 0) is 29.8 Å². The Labute approximate surface area is 174 Å². The minimum Gasteiger partial charge on any atom is -0.406 e. The molecule has 0 amide bonds. The molecule has 0 fully saturated rings. The first-order valence-corrected chi connectivity index (χ1v) is 8.75. The van der Waals surface area contributed by atoms with E-state index in [-0.39, 0.29) is 23.2 Å². The minimum absolute atomic E-state index is 0.0496. The van der Waals surface area contributed by atoms with Gasteiger partial charge in [0.05, 0.1) is 6.20 Å². The number of alkyl halides is 3. The van der Waals surface area contributed by atoms with E-state index in [0.29, 0.717) is 11.3 Å². The molecule has 162 valence electrons. The summed E-state index contributed by atoms with van der Waals surface area (Å²) < 4.78 is 55.2. The number of aromatic nitrogens is 2. The predicted octanol–water partition coefficient (Wildman–Crippen LogP) is 4.51. The SMILES string of the molecule is C=C(N)C(O)c1cccc(Nc2nc(Nc3cccc(OC(F)(F)F)c3)ncc2F)c1. The molecule has 0 spiro atoms. The van der Waals surface area contributed by atoms with Gasteiger partial charge in [-0.3, -0.25) is 0 Å². The molecule has 1 aromatic heterocycles. The number of hydrogen-bond donors (Lipinski definition) is 4. The van der Waals surface area contributed by atoms with E-state index >= 15 is 0 Å². The lowest BCUT2D eigenvalue weighted by Crippen LogP contribution is -2.17. The average molecular weight is 435 g/mol. The molecule has 0 saturated heterocycles. The van der Waals surface area contributed by atoms with E-state index in [2.05, 4.69) is 31.9 Å². The molecule has 7 nitrogen and oxygen atoms in total. The summed E-state index contributed by atoms with van der Waals surface area (Å²) in [5.41, 5.74) is 6.60. The Bertz CT molecular complexity index is 1090. The molecule has 2 aromatic carbocycles. The van der Waals surface area contributed by atoms with Crippen molar-refractivity contribution in [1.82, 2.24) is 9.97 Å². The van der Waals surface area contributed by atoms with E-state index in [1.165, 1.54) is 18.2 Å². The van der Waals surface area contributed by atoms with Gasteiger partial charge in [0.1, 0.15) is 11.9 Å². The molecule has 3 rings (SSSR count). The highest BCUT2D eigenvalue weighted by Gasteiger charge is 2.31. The van der Waals surface area contributed by atoms with Crippen LogP contribution in [0, 0.1) is 5.82 Å². The van der Waals surface area contributed by atoms with Crippen LogP contribution in [-0.2, 0) is 0 Å². The van der Waals surface area contributed by atoms with Gasteiger partial charge in [-0.1, -0.05) is 24.8 Å². The summed E-state index contributed by atoms with van der Waals surface area (Å²) in [5.74, 6) is -1.47. The van der Waals surface area contributed by atoms with Crippen LogP contribution in [-0.4, -0.2) is 21.4 Å². The molecular formula is C20H17F4N5O2. The Morgan fingerprint density at radius 3 is 2.45 bits per heavy atom. The Kier molecular flexibility index (Phi) is 6.25. The Hall–Kier alpha value is -3.86. The van der Waals surface area contributed by atoms with Crippen LogP contribution in [0.25, 0.3) is 0 Å². The maximum Gasteiger partial charge on any atom is 0.573 e.